The molecule has 0 aromatic heterocycles. The van der Waals surface area contributed by atoms with Crippen molar-refractivity contribution in [3.8, 4) is 5.75 Å². The van der Waals surface area contributed by atoms with Crippen molar-refractivity contribution in [2.24, 2.45) is 0 Å². The molecule has 0 spiro atoms. The number of rotatable bonds is 3. The lowest BCUT2D eigenvalue weighted by Gasteiger charge is -2.35. The van der Waals surface area contributed by atoms with Crippen molar-refractivity contribution in [3.63, 3.8) is 0 Å². The number of anilines is 1. The van der Waals surface area contributed by atoms with Crippen LogP contribution < -0.4 is 15.0 Å². The van der Waals surface area contributed by atoms with E-state index in [0.29, 0.717) is 6.10 Å². The maximum absolute atomic E-state index is 11.4. The van der Waals surface area contributed by atoms with Crippen molar-refractivity contribution in [2.75, 3.05) is 44.2 Å². The second kappa shape index (κ2) is 7.01. The lowest BCUT2D eigenvalue weighted by molar-refractivity contribution is -0.129. The van der Waals surface area contributed by atoms with Crippen LogP contribution in [0.3, 0.4) is 0 Å². The van der Waals surface area contributed by atoms with Gasteiger partial charge in [-0.25, -0.2) is 0 Å². The molecule has 5 nitrogen and oxygen atoms in total. The van der Waals surface area contributed by atoms with Gasteiger partial charge in [0.2, 0.25) is 5.91 Å². The van der Waals surface area contributed by atoms with Gasteiger partial charge in [0, 0.05) is 38.8 Å². The third-order valence-corrected chi connectivity index (χ3v) is 4.52. The summed E-state index contributed by atoms with van der Waals surface area (Å²) < 4.78 is 6.03. The van der Waals surface area contributed by atoms with Gasteiger partial charge in [-0.3, -0.25) is 4.79 Å². The summed E-state index contributed by atoms with van der Waals surface area (Å²) in [7, 11) is 0. The predicted molar refractivity (Wildman–Crippen MR) is 87.4 cm³/mol. The van der Waals surface area contributed by atoms with Crippen LogP contribution in [0.15, 0.2) is 24.3 Å². The number of benzene rings is 1. The average Bonchev–Trinajstić information content (AvgIpc) is 2.57. The minimum Gasteiger partial charge on any atom is -0.490 e. The Labute approximate surface area is 132 Å². The lowest BCUT2D eigenvalue weighted by atomic mass is 10.1. The van der Waals surface area contributed by atoms with Gasteiger partial charge in [0.05, 0.1) is 0 Å². The maximum Gasteiger partial charge on any atom is 0.219 e. The van der Waals surface area contributed by atoms with Crippen LogP contribution in [0.25, 0.3) is 0 Å². The monoisotopic (exact) mass is 303 g/mol. The Morgan fingerprint density at radius 3 is 2.32 bits per heavy atom. The van der Waals surface area contributed by atoms with Gasteiger partial charge in [-0.2, -0.15) is 0 Å². The van der Waals surface area contributed by atoms with E-state index in [-0.39, 0.29) is 5.91 Å². The number of carbonyl (C=O) groups excluding carboxylic acids is 1. The molecule has 5 heteroatoms. The molecular formula is C17H25N3O2. The molecule has 0 aliphatic carbocycles. The highest BCUT2D eigenvalue weighted by atomic mass is 16.5. The van der Waals surface area contributed by atoms with Crippen LogP contribution in [0.2, 0.25) is 0 Å². The molecule has 22 heavy (non-hydrogen) atoms. The average molecular weight is 303 g/mol. The van der Waals surface area contributed by atoms with Crippen molar-refractivity contribution in [1.29, 1.82) is 0 Å². The van der Waals surface area contributed by atoms with Gasteiger partial charge < -0.3 is 19.9 Å². The number of nitrogens with zero attached hydrogens (tertiary/aromatic N) is 2. The second-order valence-corrected chi connectivity index (χ2v) is 6.05. The Kier molecular flexibility index (Phi) is 4.83. The molecule has 0 saturated carbocycles. The largest absolute Gasteiger partial charge is 0.490 e. The molecule has 120 valence electrons. The first-order valence-electron chi connectivity index (χ1n) is 8.20. The first kappa shape index (κ1) is 15.2. The van der Waals surface area contributed by atoms with E-state index in [9.17, 15) is 4.79 Å². The summed E-state index contributed by atoms with van der Waals surface area (Å²) in [6.07, 6.45) is 2.50. The molecule has 3 rings (SSSR count). The lowest BCUT2D eigenvalue weighted by Crippen LogP contribution is -2.48. The number of ether oxygens (including phenoxy) is 1. The molecule has 0 bridgehead atoms. The van der Waals surface area contributed by atoms with Gasteiger partial charge in [-0.1, -0.05) is 0 Å². The third kappa shape index (κ3) is 3.71. The van der Waals surface area contributed by atoms with Crippen molar-refractivity contribution in [3.05, 3.63) is 24.3 Å². The molecule has 0 radical (unpaired) electrons. The van der Waals surface area contributed by atoms with Crippen LogP contribution in [0.5, 0.6) is 5.75 Å². The van der Waals surface area contributed by atoms with Gasteiger partial charge in [-0.05, 0) is 50.2 Å². The van der Waals surface area contributed by atoms with E-state index in [1.807, 2.05) is 4.90 Å². The molecule has 2 heterocycles. The number of carbonyl (C=O) groups is 1. The van der Waals surface area contributed by atoms with Crippen molar-refractivity contribution in [2.45, 2.75) is 25.9 Å². The molecule has 2 aliphatic heterocycles. The molecule has 1 aromatic carbocycles. The van der Waals surface area contributed by atoms with E-state index in [1.54, 1.807) is 6.92 Å². The van der Waals surface area contributed by atoms with E-state index in [4.69, 9.17) is 4.74 Å². The SMILES string of the molecule is CC(=O)N1CCN(c2ccc(OC3CCNCC3)cc2)CC1. The van der Waals surface area contributed by atoms with Gasteiger partial charge in [0.1, 0.15) is 11.9 Å². The normalized spacial score (nSPS) is 20.0. The molecule has 0 unspecified atom stereocenters. The minimum atomic E-state index is 0.172. The first-order chi connectivity index (χ1) is 10.7. The Morgan fingerprint density at radius 1 is 1.09 bits per heavy atom. The quantitative estimate of drug-likeness (QED) is 0.919. The molecule has 2 fully saturated rings. The maximum atomic E-state index is 11.4. The molecular weight excluding hydrogens is 278 g/mol. The van der Waals surface area contributed by atoms with Crippen LogP contribution >= 0.6 is 0 Å². The van der Waals surface area contributed by atoms with E-state index >= 15 is 0 Å². The van der Waals surface area contributed by atoms with E-state index in [0.717, 1.165) is 57.9 Å². The minimum absolute atomic E-state index is 0.172. The summed E-state index contributed by atoms with van der Waals surface area (Å²) in [5, 5.41) is 3.35. The fourth-order valence-corrected chi connectivity index (χ4v) is 3.12. The third-order valence-electron chi connectivity index (χ3n) is 4.52. The summed E-state index contributed by atoms with van der Waals surface area (Å²) in [6, 6.07) is 8.38. The van der Waals surface area contributed by atoms with E-state index < -0.39 is 0 Å². The smallest absolute Gasteiger partial charge is 0.219 e. The summed E-state index contributed by atoms with van der Waals surface area (Å²) in [5.74, 6) is 1.13. The van der Waals surface area contributed by atoms with Crippen LogP contribution in [0.1, 0.15) is 19.8 Å². The molecule has 0 atom stereocenters. The molecule has 1 N–H and O–H groups in total. The number of nitrogens with one attached hydrogen (secondary N) is 1. The number of piperazine rings is 1. The first-order valence-corrected chi connectivity index (χ1v) is 8.20. The summed E-state index contributed by atoms with van der Waals surface area (Å²) in [4.78, 5) is 15.6. The van der Waals surface area contributed by atoms with Crippen LogP contribution in [-0.4, -0.2) is 56.2 Å². The molecule has 1 amide bonds. The highest BCUT2D eigenvalue weighted by Gasteiger charge is 2.19. The van der Waals surface area contributed by atoms with Gasteiger partial charge in [0.15, 0.2) is 0 Å². The second-order valence-electron chi connectivity index (χ2n) is 6.05. The number of hydrogen-bond donors (Lipinski definition) is 1. The van der Waals surface area contributed by atoms with Gasteiger partial charge >= 0.3 is 0 Å². The Balaban J connectivity index is 1.54. The Bertz CT molecular complexity index is 489. The Morgan fingerprint density at radius 2 is 1.73 bits per heavy atom. The number of piperidine rings is 1. The molecule has 1 aromatic rings. The van der Waals surface area contributed by atoms with Crippen molar-refractivity contribution < 1.29 is 9.53 Å². The fraction of sp³-hybridized carbons (Fsp3) is 0.588. The van der Waals surface area contributed by atoms with Crippen LogP contribution in [0.4, 0.5) is 5.69 Å². The topological polar surface area (TPSA) is 44.8 Å². The van der Waals surface area contributed by atoms with Gasteiger partial charge in [-0.15, -0.1) is 0 Å². The number of hydrogen-bond acceptors (Lipinski definition) is 4. The zero-order chi connectivity index (χ0) is 15.4. The summed E-state index contributed by atoms with van der Waals surface area (Å²) >= 11 is 0. The van der Waals surface area contributed by atoms with Gasteiger partial charge in [0.25, 0.3) is 0 Å². The van der Waals surface area contributed by atoms with Crippen molar-refractivity contribution in [1.82, 2.24) is 10.2 Å². The molecule has 2 aliphatic rings. The Hall–Kier alpha value is -1.75. The highest BCUT2D eigenvalue weighted by molar-refractivity contribution is 5.73. The van der Waals surface area contributed by atoms with Crippen LogP contribution in [0, 0.1) is 0 Å². The summed E-state index contributed by atoms with van der Waals surface area (Å²) in [5.41, 5.74) is 1.21. The zero-order valence-electron chi connectivity index (χ0n) is 13.3. The van der Waals surface area contributed by atoms with Crippen molar-refractivity contribution >= 4 is 11.6 Å². The predicted octanol–water partition coefficient (Wildman–Crippen LogP) is 1.49. The van der Waals surface area contributed by atoms with E-state index in [1.165, 1.54) is 5.69 Å². The zero-order valence-corrected chi connectivity index (χ0v) is 13.3. The van der Waals surface area contributed by atoms with E-state index in [2.05, 4.69) is 34.5 Å². The fourth-order valence-electron chi connectivity index (χ4n) is 3.12. The molecule has 2 saturated heterocycles. The van der Waals surface area contributed by atoms with Crippen LogP contribution in [-0.2, 0) is 4.79 Å². The summed E-state index contributed by atoms with van der Waals surface area (Å²) in [6.45, 7) is 7.14. The highest BCUT2D eigenvalue weighted by Crippen LogP contribution is 2.22. The number of amides is 1. The standard InChI is InChI=1S/C17H25N3O2/c1-14(21)19-10-12-20(13-11-19)15-2-4-16(5-3-15)22-17-6-8-18-9-7-17/h2-5,17-18H,6-13H2,1H3.